The van der Waals surface area contributed by atoms with E-state index in [1.165, 1.54) is 51.6 Å². The third-order valence-corrected chi connectivity index (χ3v) is 5.00. The maximum Gasteiger partial charge on any atom is 0.00672 e. The summed E-state index contributed by atoms with van der Waals surface area (Å²) < 4.78 is 0. The molecule has 0 radical (unpaired) electrons. The highest BCUT2D eigenvalue weighted by Crippen LogP contribution is 2.32. The van der Waals surface area contributed by atoms with Crippen molar-refractivity contribution in [2.45, 2.75) is 65.3 Å². The van der Waals surface area contributed by atoms with Crippen LogP contribution >= 0.6 is 0 Å². The molecule has 1 aliphatic carbocycles. The van der Waals surface area contributed by atoms with Gasteiger partial charge in [0.2, 0.25) is 0 Å². The van der Waals surface area contributed by atoms with Crippen LogP contribution in [0.15, 0.2) is 0 Å². The van der Waals surface area contributed by atoms with Crippen LogP contribution in [0.1, 0.15) is 59.3 Å². The molecule has 0 aromatic heterocycles. The van der Waals surface area contributed by atoms with Crippen LogP contribution in [-0.2, 0) is 0 Å². The van der Waals surface area contributed by atoms with Crippen molar-refractivity contribution < 1.29 is 0 Å². The van der Waals surface area contributed by atoms with E-state index >= 15 is 0 Å². The zero-order valence-electron chi connectivity index (χ0n) is 11.4. The van der Waals surface area contributed by atoms with E-state index < -0.39 is 0 Å². The van der Waals surface area contributed by atoms with Gasteiger partial charge in [-0.25, -0.2) is 0 Å². The number of rotatable bonds is 2. The normalized spacial score (nSPS) is 42.2. The Balaban J connectivity index is 1.86. The molecule has 0 aromatic rings. The highest BCUT2D eigenvalue weighted by Gasteiger charge is 2.28. The second kappa shape index (κ2) is 5.53. The molecular formula is C15H29N. The minimum atomic E-state index is 0.838. The van der Waals surface area contributed by atoms with E-state index in [0.717, 1.165) is 23.8 Å². The fourth-order valence-electron chi connectivity index (χ4n) is 3.60. The van der Waals surface area contributed by atoms with E-state index in [1.807, 2.05) is 0 Å². The minimum Gasteiger partial charge on any atom is -0.300 e. The molecule has 4 unspecified atom stereocenters. The summed E-state index contributed by atoms with van der Waals surface area (Å²) in [5, 5.41) is 0. The van der Waals surface area contributed by atoms with Gasteiger partial charge < -0.3 is 4.90 Å². The molecule has 2 aliphatic rings. The molecule has 2 rings (SSSR count). The average Bonchev–Trinajstić information content (AvgIpc) is 2.27. The van der Waals surface area contributed by atoms with E-state index in [9.17, 15) is 0 Å². The van der Waals surface area contributed by atoms with Crippen LogP contribution in [0.3, 0.4) is 0 Å². The summed E-state index contributed by atoms with van der Waals surface area (Å²) in [6, 6.07) is 0.838. The number of hydrogen-bond acceptors (Lipinski definition) is 1. The summed E-state index contributed by atoms with van der Waals surface area (Å²) in [5.74, 6) is 2.88. The van der Waals surface area contributed by atoms with Gasteiger partial charge in [-0.05, 0) is 43.9 Å². The molecule has 1 nitrogen and oxygen atoms in total. The molecule has 0 bridgehead atoms. The Bertz CT molecular complexity index is 213. The lowest BCUT2D eigenvalue weighted by Gasteiger charge is -2.41. The van der Waals surface area contributed by atoms with Gasteiger partial charge in [0.1, 0.15) is 0 Å². The summed E-state index contributed by atoms with van der Waals surface area (Å²) in [7, 11) is 0. The highest BCUT2D eigenvalue weighted by molar-refractivity contribution is 4.82. The fraction of sp³-hybridized carbons (Fsp3) is 1.00. The van der Waals surface area contributed by atoms with Gasteiger partial charge in [0.05, 0.1) is 0 Å². The Kier molecular flexibility index (Phi) is 4.29. The smallest absolute Gasteiger partial charge is 0.00672 e. The zero-order chi connectivity index (χ0) is 11.5. The summed E-state index contributed by atoms with van der Waals surface area (Å²) in [5.41, 5.74) is 0. The van der Waals surface area contributed by atoms with Crippen LogP contribution < -0.4 is 0 Å². The lowest BCUT2D eigenvalue weighted by molar-refractivity contribution is 0.0796. The zero-order valence-corrected chi connectivity index (χ0v) is 11.4. The first kappa shape index (κ1) is 12.4. The molecule has 1 heterocycles. The van der Waals surface area contributed by atoms with Crippen molar-refractivity contribution in [2.24, 2.45) is 17.8 Å². The van der Waals surface area contributed by atoms with Crippen LogP contribution in [-0.4, -0.2) is 24.0 Å². The van der Waals surface area contributed by atoms with Crippen LogP contribution in [0.4, 0.5) is 0 Å². The largest absolute Gasteiger partial charge is 0.300 e. The van der Waals surface area contributed by atoms with Crippen molar-refractivity contribution >= 4 is 0 Å². The predicted molar refractivity (Wildman–Crippen MR) is 70.6 cm³/mol. The van der Waals surface area contributed by atoms with Gasteiger partial charge in [0.25, 0.3) is 0 Å². The molecule has 16 heavy (non-hydrogen) atoms. The first-order valence-corrected chi connectivity index (χ1v) is 7.41. The maximum absolute atomic E-state index is 2.78. The van der Waals surface area contributed by atoms with Gasteiger partial charge in [-0.1, -0.05) is 33.1 Å². The number of piperidine rings is 1. The maximum atomic E-state index is 2.78. The van der Waals surface area contributed by atoms with Gasteiger partial charge in [0, 0.05) is 19.1 Å². The molecule has 0 N–H and O–H groups in total. The van der Waals surface area contributed by atoms with Crippen molar-refractivity contribution in [3.8, 4) is 0 Å². The van der Waals surface area contributed by atoms with Gasteiger partial charge in [-0.2, -0.15) is 0 Å². The van der Waals surface area contributed by atoms with Gasteiger partial charge in [0.15, 0.2) is 0 Å². The van der Waals surface area contributed by atoms with Crippen LogP contribution in [0.5, 0.6) is 0 Å². The summed E-state index contributed by atoms with van der Waals surface area (Å²) in [6.45, 7) is 10.1. The van der Waals surface area contributed by atoms with E-state index in [4.69, 9.17) is 0 Å². The van der Waals surface area contributed by atoms with Crippen LogP contribution in [0.2, 0.25) is 0 Å². The second-order valence-electron chi connectivity index (χ2n) is 6.51. The standard InChI is InChI=1S/C15H29N/c1-12-8-9-14(3)16(10-12)11-15-7-5-4-6-13(15)2/h12-15H,4-11H2,1-3H3. The van der Waals surface area contributed by atoms with E-state index in [-0.39, 0.29) is 0 Å². The van der Waals surface area contributed by atoms with Crippen molar-refractivity contribution in [1.29, 1.82) is 0 Å². The molecule has 94 valence electrons. The van der Waals surface area contributed by atoms with Gasteiger partial charge in [-0.15, -0.1) is 0 Å². The van der Waals surface area contributed by atoms with Crippen LogP contribution in [0, 0.1) is 17.8 Å². The third-order valence-electron chi connectivity index (χ3n) is 5.00. The quantitative estimate of drug-likeness (QED) is 0.685. The monoisotopic (exact) mass is 223 g/mol. The Morgan fingerprint density at radius 1 is 0.938 bits per heavy atom. The second-order valence-corrected chi connectivity index (χ2v) is 6.51. The predicted octanol–water partition coefficient (Wildman–Crippen LogP) is 3.93. The highest BCUT2D eigenvalue weighted by atomic mass is 15.2. The minimum absolute atomic E-state index is 0.838. The SMILES string of the molecule is CC1CCC(C)N(CC2CCCCC2C)C1. The molecule has 1 heteroatoms. The van der Waals surface area contributed by atoms with E-state index in [1.54, 1.807) is 0 Å². The summed E-state index contributed by atoms with van der Waals surface area (Å²) in [4.78, 5) is 2.78. The average molecular weight is 223 g/mol. The Morgan fingerprint density at radius 3 is 2.44 bits per heavy atom. The molecule has 2 fully saturated rings. The molecular weight excluding hydrogens is 194 g/mol. The first-order valence-electron chi connectivity index (χ1n) is 7.41. The topological polar surface area (TPSA) is 3.24 Å². The summed E-state index contributed by atoms with van der Waals surface area (Å²) >= 11 is 0. The number of nitrogens with zero attached hydrogens (tertiary/aromatic N) is 1. The molecule has 1 saturated heterocycles. The number of likely N-dealkylation sites (tertiary alicyclic amines) is 1. The van der Waals surface area contributed by atoms with Crippen molar-refractivity contribution in [1.82, 2.24) is 4.90 Å². The molecule has 0 spiro atoms. The molecule has 1 saturated carbocycles. The Hall–Kier alpha value is -0.0400. The molecule has 0 amide bonds. The number of hydrogen-bond donors (Lipinski definition) is 0. The molecule has 4 atom stereocenters. The van der Waals surface area contributed by atoms with Crippen molar-refractivity contribution in [3.05, 3.63) is 0 Å². The Morgan fingerprint density at radius 2 is 1.69 bits per heavy atom. The first-order chi connectivity index (χ1) is 7.66. The lowest BCUT2D eigenvalue weighted by atomic mass is 9.79. The third kappa shape index (κ3) is 3.00. The van der Waals surface area contributed by atoms with E-state index in [0.29, 0.717) is 0 Å². The van der Waals surface area contributed by atoms with Crippen molar-refractivity contribution in [3.63, 3.8) is 0 Å². The van der Waals surface area contributed by atoms with Crippen molar-refractivity contribution in [2.75, 3.05) is 13.1 Å². The van der Waals surface area contributed by atoms with E-state index in [2.05, 4.69) is 25.7 Å². The van der Waals surface area contributed by atoms with Crippen LogP contribution in [0.25, 0.3) is 0 Å². The van der Waals surface area contributed by atoms with Gasteiger partial charge >= 0.3 is 0 Å². The Labute approximate surface area is 102 Å². The molecule has 1 aliphatic heterocycles. The van der Waals surface area contributed by atoms with Gasteiger partial charge in [-0.3, -0.25) is 0 Å². The fourth-order valence-corrected chi connectivity index (χ4v) is 3.60. The summed E-state index contributed by atoms with van der Waals surface area (Å²) in [6.07, 6.45) is 8.78. The molecule has 0 aromatic carbocycles. The lowest BCUT2D eigenvalue weighted by Crippen LogP contribution is -2.44.